The zero-order valence-electron chi connectivity index (χ0n) is 10.5. The number of carbonyl (C=O) groups is 2. The topological polar surface area (TPSA) is 81.4 Å². The number of methoxy groups -OCH3 is 1. The van der Waals surface area contributed by atoms with E-state index < -0.39 is 5.97 Å². The Hall–Kier alpha value is -2.63. The zero-order chi connectivity index (χ0) is 13.8. The van der Waals surface area contributed by atoms with Crippen LogP contribution in [0, 0.1) is 6.92 Å². The zero-order valence-corrected chi connectivity index (χ0v) is 10.5. The van der Waals surface area contributed by atoms with E-state index in [1.807, 2.05) is 0 Å². The lowest BCUT2D eigenvalue weighted by Gasteiger charge is -2.04. The number of aryl methyl sites for hydroxylation is 1. The summed E-state index contributed by atoms with van der Waals surface area (Å²) in [5.74, 6) is -0.291. The van der Waals surface area contributed by atoms with E-state index in [0.717, 1.165) is 0 Å². The molecule has 0 bridgehead atoms. The molecule has 98 valence electrons. The highest BCUT2D eigenvalue weighted by Crippen LogP contribution is 2.13. The van der Waals surface area contributed by atoms with E-state index in [9.17, 15) is 9.59 Å². The smallest absolute Gasteiger partial charge is 0.337 e. The van der Waals surface area contributed by atoms with Crippen molar-refractivity contribution in [3.63, 3.8) is 0 Å². The molecular formula is C13H12N2O4. The number of hydrogen-bond acceptors (Lipinski definition) is 5. The van der Waals surface area contributed by atoms with E-state index in [1.165, 1.54) is 13.3 Å². The van der Waals surface area contributed by atoms with Gasteiger partial charge < -0.3 is 14.6 Å². The third kappa shape index (κ3) is 2.79. The maximum absolute atomic E-state index is 11.9. The lowest BCUT2D eigenvalue weighted by atomic mass is 10.2. The molecule has 6 heteroatoms. The Balaban J connectivity index is 2.10. The van der Waals surface area contributed by atoms with Gasteiger partial charge in [-0.2, -0.15) is 0 Å². The van der Waals surface area contributed by atoms with E-state index in [2.05, 4.69) is 15.2 Å². The largest absolute Gasteiger partial charge is 0.465 e. The van der Waals surface area contributed by atoms with Crippen molar-refractivity contribution in [2.24, 2.45) is 0 Å². The van der Waals surface area contributed by atoms with Gasteiger partial charge in [0.15, 0.2) is 0 Å². The maximum Gasteiger partial charge on any atom is 0.337 e. The highest BCUT2D eigenvalue weighted by Gasteiger charge is 2.13. The third-order valence-electron chi connectivity index (χ3n) is 2.56. The summed E-state index contributed by atoms with van der Waals surface area (Å²) in [6.07, 6.45) is 1.35. The molecule has 1 aromatic carbocycles. The Bertz CT molecular complexity index is 601. The molecule has 0 radical (unpaired) electrons. The summed E-state index contributed by atoms with van der Waals surface area (Å²) >= 11 is 0. The monoisotopic (exact) mass is 260 g/mol. The third-order valence-corrected chi connectivity index (χ3v) is 2.56. The Labute approximate surface area is 109 Å². The minimum absolute atomic E-state index is 0.315. The van der Waals surface area contributed by atoms with Crippen molar-refractivity contribution in [3.8, 4) is 0 Å². The Morgan fingerprint density at radius 3 is 2.47 bits per heavy atom. The molecule has 0 aliphatic heterocycles. The molecule has 1 aromatic heterocycles. The fourth-order valence-corrected chi connectivity index (χ4v) is 1.52. The number of carbonyl (C=O) groups excluding carboxylic acids is 2. The molecule has 0 saturated heterocycles. The highest BCUT2D eigenvalue weighted by molar-refractivity contribution is 6.04. The molecule has 0 aliphatic rings. The van der Waals surface area contributed by atoms with Gasteiger partial charge in [-0.3, -0.25) is 4.79 Å². The van der Waals surface area contributed by atoms with Crippen LogP contribution in [0.15, 0.2) is 35.0 Å². The van der Waals surface area contributed by atoms with Crippen LogP contribution in [0.25, 0.3) is 0 Å². The first-order chi connectivity index (χ1) is 9.11. The first-order valence-electron chi connectivity index (χ1n) is 5.53. The fraction of sp³-hybridized carbons (Fsp3) is 0.154. The summed E-state index contributed by atoms with van der Waals surface area (Å²) in [6.45, 7) is 1.66. The van der Waals surface area contributed by atoms with E-state index in [0.29, 0.717) is 22.6 Å². The number of ether oxygens (including phenoxy) is 1. The van der Waals surface area contributed by atoms with Crippen LogP contribution in [0.2, 0.25) is 0 Å². The number of aromatic nitrogens is 1. The highest BCUT2D eigenvalue weighted by atomic mass is 16.5. The number of nitrogens with one attached hydrogen (secondary N) is 1. The van der Waals surface area contributed by atoms with Crippen molar-refractivity contribution in [3.05, 3.63) is 47.3 Å². The van der Waals surface area contributed by atoms with Crippen molar-refractivity contribution < 1.29 is 18.8 Å². The van der Waals surface area contributed by atoms with Gasteiger partial charge in [-0.15, -0.1) is 0 Å². The summed E-state index contributed by atoms with van der Waals surface area (Å²) in [5, 5.41) is 6.21. The summed E-state index contributed by atoms with van der Waals surface area (Å²) < 4.78 is 9.40. The van der Waals surface area contributed by atoms with Gasteiger partial charge in [-0.25, -0.2) is 4.79 Å². The second-order valence-corrected chi connectivity index (χ2v) is 3.82. The predicted octanol–water partition coefficient (Wildman–Crippen LogP) is 2.02. The molecule has 2 rings (SSSR count). The first-order valence-corrected chi connectivity index (χ1v) is 5.53. The molecule has 1 N–H and O–H groups in total. The fourth-order valence-electron chi connectivity index (χ4n) is 1.52. The van der Waals surface area contributed by atoms with Crippen LogP contribution in [0.1, 0.15) is 26.5 Å². The predicted molar refractivity (Wildman–Crippen MR) is 67.0 cm³/mol. The SMILES string of the molecule is COC(=O)c1ccc(NC(=O)c2cnoc2C)cc1. The second-order valence-electron chi connectivity index (χ2n) is 3.82. The van der Waals surface area contributed by atoms with Crippen molar-refractivity contribution in [1.29, 1.82) is 0 Å². The Morgan fingerprint density at radius 1 is 1.26 bits per heavy atom. The van der Waals surface area contributed by atoms with E-state index in [1.54, 1.807) is 31.2 Å². The van der Waals surface area contributed by atoms with Gasteiger partial charge in [0.25, 0.3) is 5.91 Å². The van der Waals surface area contributed by atoms with Crippen molar-refractivity contribution in [2.45, 2.75) is 6.92 Å². The molecular weight excluding hydrogens is 248 g/mol. The number of nitrogens with zero attached hydrogens (tertiary/aromatic N) is 1. The van der Waals surface area contributed by atoms with E-state index in [4.69, 9.17) is 4.52 Å². The average Bonchev–Trinajstić information content (AvgIpc) is 2.85. The molecule has 0 saturated carbocycles. The van der Waals surface area contributed by atoms with E-state index in [-0.39, 0.29) is 5.91 Å². The van der Waals surface area contributed by atoms with Crippen LogP contribution in [0.4, 0.5) is 5.69 Å². The molecule has 0 fully saturated rings. The van der Waals surface area contributed by atoms with Crippen LogP contribution in [-0.2, 0) is 4.74 Å². The number of esters is 1. The Morgan fingerprint density at radius 2 is 1.95 bits per heavy atom. The van der Waals surface area contributed by atoms with Gasteiger partial charge >= 0.3 is 5.97 Å². The number of hydrogen-bond donors (Lipinski definition) is 1. The average molecular weight is 260 g/mol. The van der Waals surface area contributed by atoms with Gasteiger partial charge in [-0.1, -0.05) is 5.16 Å². The van der Waals surface area contributed by atoms with Crippen LogP contribution >= 0.6 is 0 Å². The molecule has 6 nitrogen and oxygen atoms in total. The molecule has 0 atom stereocenters. The van der Waals surface area contributed by atoms with E-state index >= 15 is 0 Å². The quantitative estimate of drug-likeness (QED) is 0.854. The van der Waals surface area contributed by atoms with Gasteiger partial charge in [0, 0.05) is 5.69 Å². The molecule has 0 unspecified atom stereocenters. The van der Waals surface area contributed by atoms with Gasteiger partial charge in [-0.05, 0) is 31.2 Å². The Kier molecular flexibility index (Phi) is 3.61. The number of amides is 1. The lowest BCUT2D eigenvalue weighted by Crippen LogP contribution is -2.12. The van der Waals surface area contributed by atoms with Crippen molar-refractivity contribution in [2.75, 3.05) is 12.4 Å². The molecule has 0 spiro atoms. The lowest BCUT2D eigenvalue weighted by molar-refractivity contribution is 0.0600. The van der Waals surface area contributed by atoms with Crippen molar-refractivity contribution >= 4 is 17.6 Å². The minimum Gasteiger partial charge on any atom is -0.465 e. The van der Waals surface area contributed by atoms with Crippen LogP contribution in [-0.4, -0.2) is 24.1 Å². The summed E-state index contributed by atoms with van der Waals surface area (Å²) in [5.41, 5.74) is 1.36. The summed E-state index contributed by atoms with van der Waals surface area (Å²) in [7, 11) is 1.31. The van der Waals surface area contributed by atoms with Gasteiger partial charge in [0.05, 0.1) is 18.9 Å². The van der Waals surface area contributed by atoms with Crippen molar-refractivity contribution in [1.82, 2.24) is 5.16 Å². The van der Waals surface area contributed by atoms with Crippen LogP contribution in [0.5, 0.6) is 0 Å². The second kappa shape index (κ2) is 5.34. The van der Waals surface area contributed by atoms with Gasteiger partial charge in [0.1, 0.15) is 11.3 Å². The minimum atomic E-state index is -0.423. The van der Waals surface area contributed by atoms with Gasteiger partial charge in [0.2, 0.25) is 0 Å². The van der Waals surface area contributed by atoms with Crippen LogP contribution < -0.4 is 5.32 Å². The first kappa shape index (κ1) is 12.8. The number of rotatable bonds is 3. The maximum atomic E-state index is 11.9. The van der Waals surface area contributed by atoms with Crippen LogP contribution in [0.3, 0.4) is 0 Å². The summed E-state index contributed by atoms with van der Waals surface area (Å²) in [4.78, 5) is 23.1. The molecule has 19 heavy (non-hydrogen) atoms. The molecule has 0 aliphatic carbocycles. The number of benzene rings is 1. The standard InChI is InChI=1S/C13H12N2O4/c1-8-11(7-14-19-8)12(16)15-10-5-3-9(4-6-10)13(17)18-2/h3-7H,1-2H3,(H,15,16). The normalized spacial score (nSPS) is 10.0. The summed E-state index contributed by atoms with van der Waals surface area (Å²) in [6, 6.07) is 6.38. The number of anilines is 1. The molecule has 1 heterocycles. The molecule has 1 amide bonds. The molecule has 2 aromatic rings.